The van der Waals surface area contributed by atoms with Crippen molar-refractivity contribution < 1.29 is 49.6 Å². The van der Waals surface area contributed by atoms with Gasteiger partial charge in [0.1, 0.15) is 5.82 Å². The summed E-state index contributed by atoms with van der Waals surface area (Å²) in [5.74, 6) is -3.64. The minimum Gasteiger partial charge on any atom is -0.324 e. The third-order valence-corrected chi connectivity index (χ3v) is 6.70. The SMILES string of the molecule is C[C@](CS(=O)(=O)c1ccc(F)cc1)(OP(=O)(O)O)C(=O)Nc1ccc(C#N)c(C(F)(F)F)c1. The zero-order valence-electron chi connectivity index (χ0n) is 16.5. The van der Waals surface area contributed by atoms with E-state index in [0.29, 0.717) is 13.0 Å². The van der Waals surface area contributed by atoms with Crippen LogP contribution in [0.4, 0.5) is 23.2 Å². The van der Waals surface area contributed by atoms with E-state index in [9.17, 15) is 45.1 Å². The number of anilines is 1. The Labute approximate surface area is 184 Å². The number of hydrogen-bond donors (Lipinski definition) is 3. The maximum absolute atomic E-state index is 13.2. The highest BCUT2D eigenvalue weighted by atomic mass is 32.2. The number of amides is 1. The summed E-state index contributed by atoms with van der Waals surface area (Å²) >= 11 is 0. The molecule has 0 radical (unpaired) electrons. The van der Waals surface area contributed by atoms with Crippen molar-refractivity contribution in [1.29, 1.82) is 5.26 Å². The second kappa shape index (κ2) is 9.20. The molecule has 0 saturated carbocycles. The molecule has 0 aliphatic carbocycles. The molecule has 0 unspecified atom stereocenters. The van der Waals surface area contributed by atoms with Gasteiger partial charge in [-0.15, -0.1) is 0 Å². The van der Waals surface area contributed by atoms with Crippen LogP contribution in [0.5, 0.6) is 0 Å². The number of carbonyl (C=O) groups is 1. The van der Waals surface area contributed by atoms with Crippen molar-refractivity contribution in [2.24, 2.45) is 0 Å². The Kier molecular flexibility index (Phi) is 7.37. The van der Waals surface area contributed by atoms with Crippen LogP contribution < -0.4 is 5.32 Å². The first-order valence-electron chi connectivity index (χ1n) is 8.64. The minimum absolute atomic E-state index is 0.392. The lowest BCUT2D eigenvalue weighted by Gasteiger charge is -2.28. The van der Waals surface area contributed by atoms with Crippen LogP contribution in [0.3, 0.4) is 0 Å². The van der Waals surface area contributed by atoms with Gasteiger partial charge in [-0.2, -0.15) is 18.4 Å². The van der Waals surface area contributed by atoms with E-state index in [4.69, 9.17) is 5.26 Å². The molecule has 0 heterocycles. The summed E-state index contributed by atoms with van der Waals surface area (Å²) in [6.07, 6.45) is -4.97. The van der Waals surface area contributed by atoms with Crippen LogP contribution >= 0.6 is 7.82 Å². The molecule has 1 atom stereocenters. The molecule has 33 heavy (non-hydrogen) atoms. The van der Waals surface area contributed by atoms with E-state index < -0.39 is 68.6 Å². The smallest absolute Gasteiger partial charge is 0.324 e. The van der Waals surface area contributed by atoms with E-state index in [1.807, 2.05) is 5.32 Å². The first kappa shape index (κ1) is 26.4. The fourth-order valence-corrected chi connectivity index (χ4v) is 5.09. The van der Waals surface area contributed by atoms with E-state index in [-0.39, 0.29) is 0 Å². The van der Waals surface area contributed by atoms with Crippen LogP contribution in [0.15, 0.2) is 47.4 Å². The van der Waals surface area contributed by atoms with Crippen LogP contribution in [0.2, 0.25) is 0 Å². The van der Waals surface area contributed by atoms with Gasteiger partial charge in [0, 0.05) is 5.69 Å². The third-order valence-electron chi connectivity index (χ3n) is 4.14. The number of rotatable bonds is 7. The highest BCUT2D eigenvalue weighted by Crippen LogP contribution is 2.43. The van der Waals surface area contributed by atoms with Crippen LogP contribution in [0.25, 0.3) is 0 Å². The summed E-state index contributed by atoms with van der Waals surface area (Å²) in [5.41, 5.74) is -5.50. The van der Waals surface area contributed by atoms with Crippen LogP contribution in [0, 0.1) is 17.1 Å². The van der Waals surface area contributed by atoms with E-state index >= 15 is 0 Å². The third kappa shape index (κ3) is 6.83. The Morgan fingerprint density at radius 3 is 2.24 bits per heavy atom. The van der Waals surface area contributed by atoms with Crippen LogP contribution in [0.1, 0.15) is 18.1 Å². The van der Waals surface area contributed by atoms with Gasteiger partial charge in [0.2, 0.25) is 0 Å². The molecule has 2 aromatic carbocycles. The summed E-state index contributed by atoms with van der Waals surface area (Å²) in [5, 5.41) is 10.7. The molecule has 0 spiro atoms. The molecular weight excluding hydrogens is 495 g/mol. The molecule has 9 nitrogen and oxygen atoms in total. The van der Waals surface area contributed by atoms with Gasteiger partial charge in [-0.3, -0.25) is 9.32 Å². The Morgan fingerprint density at radius 2 is 1.76 bits per heavy atom. The highest BCUT2D eigenvalue weighted by molar-refractivity contribution is 7.91. The average molecular weight is 510 g/mol. The largest absolute Gasteiger partial charge is 0.470 e. The van der Waals surface area contributed by atoms with Gasteiger partial charge < -0.3 is 15.1 Å². The highest BCUT2D eigenvalue weighted by Gasteiger charge is 2.45. The van der Waals surface area contributed by atoms with Crippen molar-refractivity contribution in [1.82, 2.24) is 0 Å². The van der Waals surface area contributed by atoms with E-state index in [0.717, 1.165) is 36.4 Å². The monoisotopic (exact) mass is 510 g/mol. The quantitative estimate of drug-likeness (QED) is 0.292. The van der Waals surface area contributed by atoms with Crippen molar-refractivity contribution in [3.63, 3.8) is 0 Å². The van der Waals surface area contributed by atoms with Crippen molar-refractivity contribution in [3.05, 3.63) is 59.4 Å². The van der Waals surface area contributed by atoms with Gasteiger partial charge in [-0.05, 0) is 49.4 Å². The summed E-state index contributed by atoms with van der Waals surface area (Å²) in [6, 6.07) is 6.65. The molecule has 1 amide bonds. The molecule has 178 valence electrons. The van der Waals surface area contributed by atoms with Crippen molar-refractivity contribution in [3.8, 4) is 6.07 Å². The number of benzene rings is 2. The number of sulfone groups is 1. The van der Waals surface area contributed by atoms with Crippen LogP contribution in [-0.4, -0.2) is 35.5 Å². The Balaban J connectivity index is 2.45. The van der Waals surface area contributed by atoms with Gasteiger partial charge in [0.15, 0.2) is 15.4 Å². The molecule has 3 N–H and O–H groups in total. The Bertz CT molecular complexity index is 1250. The second-order valence-corrected chi connectivity index (χ2v) is 10.0. The molecule has 0 bridgehead atoms. The molecule has 0 aliphatic rings. The number of phosphoric acid groups is 1. The number of phosphoric ester groups is 1. The summed E-state index contributed by atoms with van der Waals surface area (Å²) in [7, 11) is -9.99. The first-order valence-corrected chi connectivity index (χ1v) is 11.8. The van der Waals surface area contributed by atoms with Gasteiger partial charge >= 0.3 is 14.0 Å². The number of alkyl halides is 3. The topological polar surface area (TPSA) is 154 Å². The molecule has 2 aromatic rings. The van der Waals surface area contributed by atoms with E-state index in [1.54, 1.807) is 0 Å². The van der Waals surface area contributed by atoms with Gasteiger partial charge in [-0.1, -0.05) is 0 Å². The summed E-state index contributed by atoms with van der Waals surface area (Å²) < 4.78 is 93.7. The average Bonchev–Trinajstić information content (AvgIpc) is 2.65. The number of carbonyl (C=O) groups excluding carboxylic acids is 1. The molecule has 15 heteroatoms. The lowest BCUT2D eigenvalue weighted by molar-refractivity contribution is -0.137. The zero-order valence-corrected chi connectivity index (χ0v) is 18.2. The normalized spacial score (nSPS) is 14.2. The fourth-order valence-electron chi connectivity index (χ4n) is 2.70. The number of nitrogens with one attached hydrogen (secondary N) is 1. The Morgan fingerprint density at radius 1 is 1.18 bits per heavy atom. The lowest BCUT2D eigenvalue weighted by atomic mass is 10.1. The molecule has 2 rings (SSSR count). The molecule has 0 aliphatic heterocycles. The fraction of sp³-hybridized carbons (Fsp3) is 0.222. The predicted octanol–water partition coefficient (Wildman–Crippen LogP) is 3.00. The minimum atomic E-state index is -5.49. The van der Waals surface area contributed by atoms with Gasteiger partial charge in [0.05, 0.1) is 27.8 Å². The van der Waals surface area contributed by atoms with Crippen molar-refractivity contribution >= 4 is 29.3 Å². The van der Waals surface area contributed by atoms with Crippen molar-refractivity contribution in [2.75, 3.05) is 11.1 Å². The number of nitrogens with zero attached hydrogens (tertiary/aromatic N) is 1. The Hall–Kier alpha value is -2.82. The number of halogens is 4. The van der Waals surface area contributed by atoms with Crippen molar-refractivity contribution in [2.45, 2.75) is 23.6 Å². The standard InChI is InChI=1S/C18H15F4N2O7PS/c1-17(31-32(26,27)28,10-33(29,30)14-6-3-12(19)4-7-14)16(25)24-13-5-2-11(9-23)15(8-13)18(20,21)22/h2-8H,10H2,1H3,(H,24,25)(H2,26,27,28)/t17-/m1/s1. The zero-order chi connectivity index (χ0) is 25.2. The maximum atomic E-state index is 13.2. The second-order valence-electron chi connectivity index (χ2n) is 6.85. The maximum Gasteiger partial charge on any atom is 0.470 e. The molecule has 0 fully saturated rings. The number of nitriles is 1. The lowest BCUT2D eigenvalue weighted by Crippen LogP contribution is -2.47. The van der Waals surface area contributed by atoms with Crippen LogP contribution in [-0.2, 0) is 29.9 Å². The molecule has 0 aromatic heterocycles. The summed E-state index contributed by atoms with van der Waals surface area (Å²) in [4.78, 5) is 30.6. The number of hydrogen-bond acceptors (Lipinski definition) is 6. The van der Waals surface area contributed by atoms with Gasteiger partial charge in [0.25, 0.3) is 5.91 Å². The van der Waals surface area contributed by atoms with E-state index in [2.05, 4.69) is 4.52 Å². The summed E-state index contributed by atoms with van der Waals surface area (Å²) in [6.45, 7) is 0.705. The van der Waals surface area contributed by atoms with E-state index in [1.165, 1.54) is 6.07 Å². The first-order chi connectivity index (χ1) is 15.0. The predicted molar refractivity (Wildman–Crippen MR) is 105 cm³/mol. The van der Waals surface area contributed by atoms with Gasteiger partial charge in [-0.25, -0.2) is 17.4 Å². The molecule has 0 saturated heterocycles. The molecular formula is C18H15F4N2O7PS.